The van der Waals surface area contributed by atoms with Crippen LogP contribution in [0.1, 0.15) is 69.8 Å². The van der Waals surface area contributed by atoms with Crippen molar-refractivity contribution in [1.29, 1.82) is 0 Å². The molecule has 2 spiro atoms. The zero-order chi connectivity index (χ0) is 25.0. The van der Waals surface area contributed by atoms with Crippen LogP contribution in [0.4, 0.5) is 0 Å². The van der Waals surface area contributed by atoms with Gasteiger partial charge < -0.3 is 14.9 Å². The zero-order valence-electron chi connectivity index (χ0n) is 21.8. The molecule has 8 atom stereocenters. The number of aliphatic hydroxyl groups is 2. The number of hydrogen-bond donors (Lipinski definition) is 2. The summed E-state index contributed by atoms with van der Waals surface area (Å²) in [5.41, 5.74) is 4.30. The summed E-state index contributed by atoms with van der Waals surface area (Å²) in [6.45, 7) is 3.71. The molecule has 3 aliphatic carbocycles. The molecule has 2 saturated heterocycles. The Balaban J connectivity index is 1.12. The lowest BCUT2D eigenvalue weighted by molar-refractivity contribution is -0.140. The van der Waals surface area contributed by atoms with Gasteiger partial charge >= 0.3 is 0 Å². The van der Waals surface area contributed by atoms with Crippen LogP contribution < -0.4 is 0 Å². The molecule has 8 rings (SSSR count). The summed E-state index contributed by atoms with van der Waals surface area (Å²) >= 11 is 0. The van der Waals surface area contributed by atoms with Gasteiger partial charge in [-0.15, -0.1) is 0 Å². The van der Waals surface area contributed by atoms with Crippen LogP contribution in [0.25, 0.3) is 10.8 Å². The number of fused-ring (bicyclic) bond motifs is 2. The van der Waals surface area contributed by atoms with Crippen molar-refractivity contribution in [2.75, 3.05) is 13.1 Å². The van der Waals surface area contributed by atoms with E-state index in [9.17, 15) is 10.2 Å². The Labute approximate surface area is 219 Å². The van der Waals surface area contributed by atoms with Gasteiger partial charge in [-0.1, -0.05) is 31.2 Å². The highest BCUT2D eigenvalue weighted by Crippen LogP contribution is 2.69. The first-order valence-corrected chi connectivity index (χ1v) is 14.5. The van der Waals surface area contributed by atoms with Crippen molar-refractivity contribution in [2.24, 2.45) is 11.3 Å². The van der Waals surface area contributed by atoms with E-state index in [0.29, 0.717) is 31.0 Å². The average Bonchev–Trinajstić information content (AvgIpc) is 3.54. The molecule has 4 heterocycles. The standard InChI is InChI=1S/C32H38N2O3/c1-30-10-8-24-15-23-4-5-25(34-18-27(35)28(36)19-34)16-31(23)11-12-32(24,37-31)29(30)7-6-26(30)21-3-2-20-9-13-33-17-22(20)14-21/h2-3,8-9,13-15,17,25-29,35-36H,4-7,10-12,16,18-19H2,1H3/t25-,26-,27-,28+,29-,30-,31-,32?/m1/s1. The summed E-state index contributed by atoms with van der Waals surface area (Å²) in [6.07, 6.45) is 16.7. The van der Waals surface area contributed by atoms with Gasteiger partial charge in [0.25, 0.3) is 0 Å². The molecule has 2 aromatic rings. The number of aliphatic hydroxyl groups excluding tert-OH is 2. The van der Waals surface area contributed by atoms with Gasteiger partial charge in [-0.05, 0) is 103 Å². The maximum Gasteiger partial charge on any atom is 0.0974 e. The first kappa shape index (κ1) is 22.9. The molecule has 1 aromatic carbocycles. The lowest BCUT2D eigenvalue weighted by Gasteiger charge is -2.55. The monoisotopic (exact) mass is 498 g/mol. The molecular formula is C32H38N2O3. The predicted octanol–water partition coefficient (Wildman–Crippen LogP) is 4.88. The summed E-state index contributed by atoms with van der Waals surface area (Å²) in [7, 11) is 0. The van der Waals surface area contributed by atoms with Gasteiger partial charge in [-0.2, -0.15) is 0 Å². The van der Waals surface area contributed by atoms with Gasteiger partial charge in [0.05, 0.1) is 23.4 Å². The highest BCUT2D eigenvalue weighted by Gasteiger charge is 2.66. The number of benzene rings is 1. The summed E-state index contributed by atoms with van der Waals surface area (Å²) in [5.74, 6) is 1.06. The van der Waals surface area contributed by atoms with E-state index in [1.54, 1.807) is 0 Å². The van der Waals surface area contributed by atoms with Crippen LogP contribution >= 0.6 is 0 Å². The average molecular weight is 499 g/mol. The Kier molecular flexibility index (Phi) is 4.80. The van der Waals surface area contributed by atoms with Gasteiger partial charge in [0.2, 0.25) is 0 Å². The van der Waals surface area contributed by atoms with Crippen LogP contribution in [0.15, 0.2) is 60.0 Å². The van der Waals surface area contributed by atoms with Crippen LogP contribution in [-0.2, 0) is 4.74 Å². The van der Waals surface area contributed by atoms with E-state index in [4.69, 9.17) is 4.74 Å². The molecular weight excluding hydrogens is 460 g/mol. The fourth-order valence-corrected chi connectivity index (χ4v) is 9.66. The number of β-amino-alcohol motifs (C(OH)–C–C–N with tert-alkyl or cyclic N) is 2. The number of likely N-dealkylation sites (tertiary alicyclic amines) is 1. The van der Waals surface area contributed by atoms with Gasteiger partial charge in [0.1, 0.15) is 0 Å². The maximum atomic E-state index is 10.2. The fourth-order valence-electron chi connectivity index (χ4n) is 9.66. The van der Waals surface area contributed by atoms with Crippen molar-refractivity contribution < 1.29 is 14.9 Å². The van der Waals surface area contributed by atoms with Crippen LogP contribution in [0, 0.1) is 11.3 Å². The summed E-state index contributed by atoms with van der Waals surface area (Å²) in [6, 6.07) is 9.50. The van der Waals surface area contributed by atoms with E-state index in [0.717, 1.165) is 38.5 Å². The lowest BCUT2D eigenvalue weighted by atomic mass is 9.58. The molecule has 2 saturated carbocycles. The molecule has 3 aliphatic heterocycles. The second-order valence-corrected chi connectivity index (χ2v) is 13.2. The van der Waals surface area contributed by atoms with Crippen LogP contribution in [0.2, 0.25) is 0 Å². The van der Waals surface area contributed by atoms with Crippen molar-refractivity contribution in [3.8, 4) is 0 Å². The van der Waals surface area contributed by atoms with Crippen molar-refractivity contribution in [2.45, 2.75) is 93.7 Å². The van der Waals surface area contributed by atoms with Crippen molar-refractivity contribution in [3.63, 3.8) is 0 Å². The minimum atomic E-state index is -0.619. The number of allylic oxidation sites excluding steroid dienone is 1. The fraction of sp³-hybridized carbons (Fsp3) is 0.594. The predicted molar refractivity (Wildman–Crippen MR) is 143 cm³/mol. The summed E-state index contributed by atoms with van der Waals surface area (Å²) in [4.78, 5) is 6.70. The molecule has 6 aliphatic rings. The number of aromatic nitrogens is 1. The molecule has 37 heavy (non-hydrogen) atoms. The second-order valence-electron chi connectivity index (χ2n) is 13.2. The van der Waals surface area contributed by atoms with Crippen LogP contribution in [0.3, 0.4) is 0 Å². The number of hydrogen-bond acceptors (Lipinski definition) is 5. The third-order valence-electron chi connectivity index (χ3n) is 11.5. The minimum Gasteiger partial charge on any atom is -0.389 e. The molecule has 4 fully saturated rings. The number of nitrogens with zero attached hydrogens (tertiary/aromatic N) is 2. The first-order chi connectivity index (χ1) is 17.9. The highest BCUT2D eigenvalue weighted by atomic mass is 16.5. The summed E-state index contributed by atoms with van der Waals surface area (Å²) in [5, 5.41) is 22.9. The highest BCUT2D eigenvalue weighted by molar-refractivity contribution is 5.82. The Morgan fingerprint density at radius 2 is 1.89 bits per heavy atom. The molecule has 2 bridgehead atoms. The largest absolute Gasteiger partial charge is 0.389 e. The Hall–Kier alpha value is -2.05. The Bertz CT molecular complexity index is 1330. The number of pyridine rings is 1. The van der Waals surface area contributed by atoms with Crippen LogP contribution in [0.5, 0.6) is 0 Å². The van der Waals surface area contributed by atoms with E-state index in [2.05, 4.69) is 53.2 Å². The number of rotatable bonds is 2. The van der Waals surface area contributed by atoms with Crippen LogP contribution in [-0.4, -0.2) is 62.6 Å². The van der Waals surface area contributed by atoms with E-state index < -0.39 is 12.2 Å². The van der Waals surface area contributed by atoms with Gasteiger partial charge in [-0.25, -0.2) is 0 Å². The molecule has 2 N–H and O–H groups in total. The normalized spacial score (nSPS) is 44.8. The molecule has 194 valence electrons. The summed E-state index contributed by atoms with van der Waals surface area (Å²) < 4.78 is 7.46. The Morgan fingerprint density at radius 1 is 1.03 bits per heavy atom. The first-order valence-electron chi connectivity index (χ1n) is 14.5. The molecule has 5 heteroatoms. The Morgan fingerprint density at radius 3 is 2.76 bits per heavy atom. The van der Waals surface area contributed by atoms with Gasteiger partial charge in [-0.3, -0.25) is 9.88 Å². The molecule has 1 aromatic heterocycles. The van der Waals surface area contributed by atoms with E-state index in [-0.39, 0.29) is 16.6 Å². The number of ether oxygens (including phenoxy) is 1. The smallest absolute Gasteiger partial charge is 0.0974 e. The maximum absolute atomic E-state index is 10.2. The zero-order valence-corrected chi connectivity index (χ0v) is 21.8. The molecule has 5 nitrogen and oxygen atoms in total. The second kappa shape index (κ2) is 7.75. The minimum absolute atomic E-state index is 0.157. The van der Waals surface area contributed by atoms with Crippen molar-refractivity contribution >= 4 is 10.8 Å². The van der Waals surface area contributed by atoms with E-state index in [1.807, 2.05) is 12.4 Å². The molecule has 1 unspecified atom stereocenters. The quantitative estimate of drug-likeness (QED) is 0.618. The van der Waals surface area contributed by atoms with Gasteiger partial charge in [0.15, 0.2) is 0 Å². The lowest BCUT2D eigenvalue weighted by Crippen LogP contribution is -2.55. The van der Waals surface area contributed by atoms with Gasteiger partial charge in [0, 0.05) is 36.9 Å². The molecule has 0 radical (unpaired) electrons. The van der Waals surface area contributed by atoms with E-state index >= 15 is 0 Å². The molecule has 0 amide bonds. The van der Waals surface area contributed by atoms with Crippen molar-refractivity contribution in [3.05, 3.63) is 65.5 Å². The third-order valence-corrected chi connectivity index (χ3v) is 11.5. The topological polar surface area (TPSA) is 65.8 Å². The van der Waals surface area contributed by atoms with E-state index in [1.165, 1.54) is 40.3 Å². The third kappa shape index (κ3) is 3.09. The van der Waals surface area contributed by atoms with Crippen molar-refractivity contribution in [1.82, 2.24) is 9.88 Å². The SMILES string of the molecule is C[C@]12CC=C3C=C4CC[C@@H](N5C[C@@H](O)[C@@H](O)C5)C[C@]45CCC3(O5)[C@@H]1CC[C@@H]2c1ccc2ccncc2c1.